The molecule has 1 saturated carbocycles. The third kappa shape index (κ3) is 5.89. The summed E-state index contributed by atoms with van der Waals surface area (Å²) in [4.78, 5) is 22.6. The minimum atomic E-state index is -4.35. The monoisotopic (exact) mass is 514 g/mol. The largest absolute Gasteiger partial charge is 0.445 e. The van der Waals surface area contributed by atoms with Gasteiger partial charge >= 0.3 is 12.3 Å². The number of amides is 1. The van der Waals surface area contributed by atoms with Gasteiger partial charge in [-0.25, -0.2) is 9.78 Å². The predicted octanol–water partition coefficient (Wildman–Crippen LogP) is 4.70. The van der Waals surface area contributed by atoms with Crippen LogP contribution in [-0.4, -0.2) is 52.6 Å². The Morgan fingerprint density at radius 2 is 2.03 bits per heavy atom. The van der Waals surface area contributed by atoms with Crippen molar-refractivity contribution in [1.29, 1.82) is 0 Å². The Labute approximate surface area is 202 Å². The number of carbonyl (C=O) groups excluding carboxylic acids is 1. The van der Waals surface area contributed by atoms with Crippen LogP contribution >= 0.6 is 22.9 Å². The van der Waals surface area contributed by atoms with Crippen LogP contribution in [0.5, 0.6) is 0 Å². The van der Waals surface area contributed by atoms with E-state index in [2.05, 4.69) is 15.3 Å². The number of alkyl carbamates (subject to hydrolysis) is 1. The van der Waals surface area contributed by atoms with E-state index in [1.807, 2.05) is 30.3 Å². The van der Waals surface area contributed by atoms with E-state index in [9.17, 15) is 23.1 Å². The molecule has 4 rings (SSSR count). The van der Waals surface area contributed by atoms with Crippen molar-refractivity contribution in [3.05, 3.63) is 52.1 Å². The van der Waals surface area contributed by atoms with Gasteiger partial charge in [-0.15, -0.1) is 11.3 Å². The number of likely N-dealkylation sites (N-methyl/N-ethyl adjacent to an activating group) is 1. The summed E-state index contributed by atoms with van der Waals surface area (Å²) in [5, 5.41) is 13.8. The van der Waals surface area contributed by atoms with Gasteiger partial charge in [0, 0.05) is 18.0 Å². The third-order valence-corrected chi connectivity index (χ3v) is 6.83. The molecule has 0 spiro atoms. The number of aromatic nitrogens is 2. The highest BCUT2D eigenvalue weighted by Gasteiger charge is 2.38. The maximum absolute atomic E-state index is 12.9. The number of fused-ring (bicyclic) bond motifs is 1. The molecular formula is C22H22ClF3N4O3S. The topological polar surface area (TPSA) is 87.6 Å². The maximum Gasteiger partial charge on any atom is 0.407 e. The summed E-state index contributed by atoms with van der Waals surface area (Å²) < 4.78 is 43.8. The van der Waals surface area contributed by atoms with Gasteiger partial charge in [0.15, 0.2) is 0 Å². The number of nitrogens with one attached hydrogen (secondary N) is 1. The molecule has 3 aromatic rings. The van der Waals surface area contributed by atoms with Crippen LogP contribution in [0.25, 0.3) is 10.2 Å². The van der Waals surface area contributed by atoms with Crippen LogP contribution in [0, 0.1) is 0 Å². The molecule has 2 heterocycles. The van der Waals surface area contributed by atoms with Gasteiger partial charge in [-0.3, -0.25) is 0 Å². The van der Waals surface area contributed by atoms with Gasteiger partial charge in [0.2, 0.25) is 5.28 Å². The summed E-state index contributed by atoms with van der Waals surface area (Å²) in [7, 11) is 1.68. The molecule has 2 aromatic heterocycles. The summed E-state index contributed by atoms with van der Waals surface area (Å²) in [5.74, 6) is 0.330. The van der Waals surface area contributed by atoms with Gasteiger partial charge in [0.25, 0.3) is 0 Å². The fourth-order valence-electron chi connectivity index (χ4n) is 4.10. The average Bonchev–Trinajstić information content (AvgIpc) is 3.32. The van der Waals surface area contributed by atoms with E-state index >= 15 is 0 Å². The molecule has 1 aliphatic rings. The molecular weight excluding hydrogens is 493 g/mol. The Bertz CT molecular complexity index is 1160. The van der Waals surface area contributed by atoms with Crippen molar-refractivity contribution in [2.75, 3.05) is 11.9 Å². The Kier molecular flexibility index (Phi) is 7.15. The van der Waals surface area contributed by atoms with Gasteiger partial charge in [-0.05, 0) is 36.1 Å². The zero-order valence-corrected chi connectivity index (χ0v) is 19.6. The highest BCUT2D eigenvalue weighted by atomic mass is 35.5. The van der Waals surface area contributed by atoms with Gasteiger partial charge < -0.3 is 20.1 Å². The third-order valence-electron chi connectivity index (χ3n) is 5.63. The molecule has 1 amide bonds. The lowest BCUT2D eigenvalue weighted by Crippen LogP contribution is -2.39. The summed E-state index contributed by atoms with van der Waals surface area (Å²) >= 11 is 6.94. The number of carbonyl (C=O) groups is 1. The number of ether oxygens (including phenoxy) is 1. The number of rotatable bonds is 6. The predicted molar refractivity (Wildman–Crippen MR) is 123 cm³/mol. The van der Waals surface area contributed by atoms with Gasteiger partial charge in [0.05, 0.1) is 24.0 Å². The van der Waals surface area contributed by atoms with E-state index in [4.69, 9.17) is 16.3 Å². The van der Waals surface area contributed by atoms with Crippen LogP contribution in [0.4, 0.5) is 23.8 Å². The second-order valence-corrected chi connectivity index (χ2v) is 9.61. The normalized spacial score (nSPS) is 20.5. The second kappa shape index (κ2) is 9.93. The fourth-order valence-corrected chi connectivity index (χ4v) is 5.37. The van der Waals surface area contributed by atoms with Crippen molar-refractivity contribution in [2.45, 2.75) is 50.2 Å². The molecule has 12 heteroatoms. The molecule has 3 atom stereocenters. The number of thiophene rings is 1. The molecule has 0 radical (unpaired) electrons. The molecule has 0 bridgehead atoms. The first-order valence-electron chi connectivity index (χ1n) is 10.5. The van der Waals surface area contributed by atoms with E-state index in [1.54, 1.807) is 11.9 Å². The number of anilines is 1. The highest BCUT2D eigenvalue weighted by Crippen LogP contribution is 2.37. The van der Waals surface area contributed by atoms with E-state index in [1.165, 1.54) is 6.07 Å². The molecule has 2 N–H and O–H groups in total. The lowest BCUT2D eigenvalue weighted by molar-refractivity contribution is -0.126. The Balaban J connectivity index is 1.44. The molecule has 1 fully saturated rings. The summed E-state index contributed by atoms with van der Waals surface area (Å²) in [5.41, 5.74) is 0.854. The van der Waals surface area contributed by atoms with Crippen molar-refractivity contribution in [3.8, 4) is 0 Å². The van der Waals surface area contributed by atoms with E-state index in [0.717, 1.165) is 16.9 Å². The molecule has 0 aliphatic heterocycles. The highest BCUT2D eigenvalue weighted by molar-refractivity contribution is 7.18. The Morgan fingerprint density at radius 1 is 1.29 bits per heavy atom. The van der Waals surface area contributed by atoms with Gasteiger partial charge in [-0.1, -0.05) is 30.3 Å². The number of hydrogen-bond acceptors (Lipinski definition) is 7. The first-order valence-corrected chi connectivity index (χ1v) is 11.7. The van der Waals surface area contributed by atoms with Crippen LogP contribution in [0.1, 0.15) is 23.3 Å². The van der Waals surface area contributed by atoms with Crippen molar-refractivity contribution in [2.24, 2.45) is 0 Å². The smallest absolute Gasteiger partial charge is 0.407 e. The van der Waals surface area contributed by atoms with E-state index in [0.29, 0.717) is 28.9 Å². The molecule has 34 heavy (non-hydrogen) atoms. The number of hydrogen-bond donors (Lipinski definition) is 2. The molecule has 7 nitrogen and oxygen atoms in total. The number of halogens is 4. The quantitative estimate of drug-likeness (QED) is 0.463. The lowest BCUT2D eigenvalue weighted by Gasteiger charge is -2.28. The number of alkyl halides is 3. The second-order valence-electron chi connectivity index (χ2n) is 8.16. The molecule has 1 aliphatic carbocycles. The zero-order valence-electron chi connectivity index (χ0n) is 18.1. The van der Waals surface area contributed by atoms with E-state index < -0.39 is 30.8 Å². The van der Waals surface area contributed by atoms with Gasteiger partial charge in [0.1, 0.15) is 17.3 Å². The molecule has 182 valence electrons. The zero-order chi connectivity index (χ0) is 24.5. The maximum atomic E-state index is 12.9. The van der Waals surface area contributed by atoms with Crippen molar-refractivity contribution in [1.82, 2.24) is 15.3 Å². The molecule has 0 saturated heterocycles. The first-order chi connectivity index (χ1) is 16.1. The number of benzene rings is 1. The Hall–Kier alpha value is -2.63. The first kappa shape index (κ1) is 24.5. The van der Waals surface area contributed by atoms with Gasteiger partial charge in [-0.2, -0.15) is 18.2 Å². The van der Waals surface area contributed by atoms with Crippen LogP contribution < -0.4 is 10.2 Å². The SMILES string of the molecule is CN(c1nc(Cl)nc2sc(CC(F)(F)F)cc12)[C@H]1C[C@@H](NC(=O)OCc2ccccc2)C[C@@H]1O. The standard InChI is InChI=1S/C22H22ClF3N4O3S/c1-30(18-15-9-14(10-22(24,25)26)34-19(15)29-20(23)28-18)16-7-13(8-17(16)31)27-21(32)33-11-12-5-3-2-4-6-12/h2-6,9,13,16-17,31H,7-8,10-11H2,1H3,(H,27,32)/t13-,16+,17+/m1/s1. The molecule has 1 aromatic carbocycles. The summed E-state index contributed by atoms with van der Waals surface area (Å²) in [6, 6.07) is 9.87. The van der Waals surface area contributed by atoms with Crippen LogP contribution in [0.15, 0.2) is 36.4 Å². The molecule has 0 unspecified atom stereocenters. The van der Waals surface area contributed by atoms with Crippen molar-refractivity contribution in [3.63, 3.8) is 0 Å². The van der Waals surface area contributed by atoms with Crippen LogP contribution in [0.3, 0.4) is 0 Å². The van der Waals surface area contributed by atoms with Crippen molar-refractivity contribution < 1.29 is 27.8 Å². The average molecular weight is 515 g/mol. The summed E-state index contributed by atoms with van der Waals surface area (Å²) in [6.07, 6.45) is -6.13. The minimum Gasteiger partial charge on any atom is -0.445 e. The Morgan fingerprint density at radius 3 is 2.74 bits per heavy atom. The lowest BCUT2D eigenvalue weighted by atomic mass is 10.1. The number of aliphatic hydroxyl groups is 1. The fraction of sp³-hybridized carbons (Fsp3) is 0.409. The van der Waals surface area contributed by atoms with Crippen molar-refractivity contribution >= 4 is 45.1 Å². The number of aliphatic hydroxyl groups excluding tert-OH is 1. The van der Waals surface area contributed by atoms with E-state index in [-0.39, 0.29) is 22.8 Å². The number of nitrogens with zero attached hydrogens (tertiary/aromatic N) is 3. The minimum absolute atomic E-state index is 0.0959. The summed E-state index contributed by atoms with van der Waals surface area (Å²) in [6.45, 7) is 0.126. The van der Waals surface area contributed by atoms with Crippen LogP contribution in [-0.2, 0) is 17.8 Å². The van der Waals surface area contributed by atoms with Crippen LogP contribution in [0.2, 0.25) is 5.28 Å².